The van der Waals surface area contributed by atoms with Crippen molar-refractivity contribution < 1.29 is 53.6 Å². The van der Waals surface area contributed by atoms with Gasteiger partial charge in [-0.3, -0.25) is 33.8 Å². The number of nitrogens with two attached hydrogens (primary N) is 4. The summed E-state index contributed by atoms with van der Waals surface area (Å²) in [6, 6.07) is -2.84. The van der Waals surface area contributed by atoms with Crippen LogP contribution < -0.4 is 38.9 Å². The Labute approximate surface area is 331 Å². The first-order valence-corrected chi connectivity index (χ1v) is 18.3. The summed E-state index contributed by atoms with van der Waals surface area (Å²) in [6.45, 7) is 6.21. The highest BCUT2D eigenvalue weighted by molar-refractivity contribution is 5.96. The Hall–Kier alpha value is -5.54. The van der Waals surface area contributed by atoms with E-state index in [1.807, 2.05) is 0 Å². The van der Waals surface area contributed by atoms with Gasteiger partial charge in [-0.2, -0.15) is 0 Å². The zero-order valence-electron chi connectivity index (χ0n) is 33.5. The van der Waals surface area contributed by atoms with Crippen molar-refractivity contribution in [2.24, 2.45) is 33.8 Å². The van der Waals surface area contributed by atoms with Gasteiger partial charge in [-0.05, 0) is 63.1 Å². The van der Waals surface area contributed by atoms with Crippen LogP contribution in [-0.2, 0) is 38.3 Å². The predicted molar refractivity (Wildman–Crippen MR) is 208 cm³/mol. The lowest BCUT2D eigenvalue weighted by atomic mass is 9.98. The molecule has 0 heterocycles. The van der Waals surface area contributed by atoms with Crippen LogP contribution >= 0.6 is 0 Å². The van der Waals surface area contributed by atoms with Gasteiger partial charge in [0, 0.05) is 34.2 Å². The highest BCUT2D eigenvalue weighted by Gasteiger charge is 2.40. The van der Waals surface area contributed by atoms with Gasteiger partial charge in [0.25, 0.3) is 0 Å². The summed E-state index contributed by atoms with van der Waals surface area (Å²) in [5.74, 6) is -6.89. The van der Waals surface area contributed by atoms with Crippen molar-refractivity contribution >= 4 is 47.4 Å². The molecule has 0 fully saturated rings. The fourth-order valence-corrected chi connectivity index (χ4v) is 5.62. The van der Waals surface area contributed by atoms with Crippen molar-refractivity contribution in [3.63, 3.8) is 0 Å². The van der Waals surface area contributed by atoms with Crippen molar-refractivity contribution in [1.29, 1.82) is 0 Å². The summed E-state index contributed by atoms with van der Waals surface area (Å²) in [5.41, 5.74) is 22.3. The molecule has 1 aromatic carbocycles. The van der Waals surface area contributed by atoms with Crippen molar-refractivity contribution in [2.75, 3.05) is 27.7 Å². The summed E-state index contributed by atoms with van der Waals surface area (Å²) in [6.07, 6.45) is -2.95. The van der Waals surface area contributed by atoms with Crippen LogP contribution in [0.15, 0.2) is 29.3 Å². The third-order valence-corrected chi connectivity index (χ3v) is 9.13. The maximum Gasteiger partial charge on any atom is 0.326 e. The van der Waals surface area contributed by atoms with Crippen LogP contribution in [0.2, 0.25) is 0 Å². The number of phenolic OH excluding ortho intramolecular Hbond substituents is 1. The number of carboxylic acids is 1. The van der Waals surface area contributed by atoms with Crippen LogP contribution in [0.25, 0.3) is 0 Å². The number of amides is 6. The van der Waals surface area contributed by atoms with E-state index in [0.29, 0.717) is 5.56 Å². The third-order valence-electron chi connectivity index (χ3n) is 9.13. The van der Waals surface area contributed by atoms with E-state index in [1.165, 1.54) is 59.3 Å². The second-order valence-electron chi connectivity index (χ2n) is 14.1. The van der Waals surface area contributed by atoms with Crippen LogP contribution in [0.4, 0.5) is 0 Å². The molecular formula is C36H60N10O11. The fourth-order valence-electron chi connectivity index (χ4n) is 5.62. The van der Waals surface area contributed by atoms with Crippen molar-refractivity contribution in [3.05, 3.63) is 29.8 Å². The number of aliphatic imine (C=N–C) groups is 1. The van der Waals surface area contributed by atoms with E-state index < -0.39 is 89.9 Å². The molecule has 0 radical (unpaired) electrons. The average Bonchev–Trinajstić information content (AvgIpc) is 3.13. The van der Waals surface area contributed by atoms with Gasteiger partial charge in [-0.15, -0.1) is 0 Å². The summed E-state index contributed by atoms with van der Waals surface area (Å²) in [7, 11) is 3.73. The molecule has 21 nitrogen and oxygen atoms in total. The number of carboxylic acid groups (broad SMARTS) is 1. The molecule has 0 aliphatic rings. The molecular weight excluding hydrogens is 748 g/mol. The summed E-state index contributed by atoms with van der Waals surface area (Å²) in [5, 5.41) is 37.0. The predicted octanol–water partition coefficient (Wildman–Crippen LogP) is -2.63. The smallest absolute Gasteiger partial charge is 0.326 e. The van der Waals surface area contributed by atoms with Gasteiger partial charge in [0.1, 0.15) is 48.1 Å². The quantitative estimate of drug-likeness (QED) is 0.0290. The minimum absolute atomic E-state index is 0.00495. The summed E-state index contributed by atoms with van der Waals surface area (Å²) >= 11 is 0. The molecule has 57 heavy (non-hydrogen) atoms. The summed E-state index contributed by atoms with van der Waals surface area (Å²) < 4.78 is 5.62. The molecule has 0 unspecified atom stereocenters. The highest BCUT2D eigenvalue weighted by Crippen LogP contribution is 2.25. The second-order valence-corrected chi connectivity index (χ2v) is 14.1. The Balaban J connectivity index is 3.63. The maximum absolute atomic E-state index is 14.3. The van der Waals surface area contributed by atoms with E-state index in [4.69, 9.17) is 27.7 Å². The number of aliphatic carboxylic acids is 1. The topological polar surface area (TPSA) is 348 Å². The zero-order valence-corrected chi connectivity index (χ0v) is 33.5. The first-order chi connectivity index (χ1) is 26.5. The van der Waals surface area contributed by atoms with Crippen LogP contribution in [0.5, 0.6) is 5.75 Å². The minimum atomic E-state index is -1.60. The number of phenols is 1. The average molecular weight is 809 g/mol. The molecule has 0 aliphatic carbocycles. The summed E-state index contributed by atoms with van der Waals surface area (Å²) in [4.78, 5) is 98.4. The molecule has 0 aromatic heterocycles. The molecule has 0 aliphatic heterocycles. The largest absolute Gasteiger partial charge is 0.508 e. The van der Waals surface area contributed by atoms with Crippen molar-refractivity contribution in [1.82, 2.24) is 25.8 Å². The number of aliphatic hydroxyl groups excluding tert-OH is 1. The standard InChI is InChI=1S/C36H60N10O11/c1-18(2)17-24(43-30(50)23(9-8-16-41-36(39)40)42-32(52)27(38)20(4)47)33(53)46(6)25(14-15-26(37)49)31(51)44-28(34(54)45(5)19(3)35(55)56)29(57-7)21-10-12-22(48)13-11-21/h10-13,18-20,23-25,27-29,47-48H,8-9,14-17,38H2,1-7H3,(H2,37,49)(H,42,52)(H,43,50)(H,44,51)(H,55,56)(H4,39,40,41)/t19-,20+,23+,24-,25-,27+,28+,29+/m0/s1. The lowest BCUT2D eigenvalue weighted by Crippen LogP contribution is -2.60. The molecule has 0 saturated heterocycles. The van der Waals surface area contributed by atoms with E-state index in [0.717, 1.165) is 9.80 Å². The van der Waals surface area contributed by atoms with E-state index in [9.17, 15) is 48.9 Å². The minimum Gasteiger partial charge on any atom is -0.508 e. The number of hydrogen-bond donors (Lipinski definition) is 10. The van der Waals surface area contributed by atoms with Gasteiger partial charge in [0.2, 0.25) is 35.4 Å². The van der Waals surface area contributed by atoms with E-state index >= 15 is 0 Å². The Morgan fingerprint density at radius 3 is 1.89 bits per heavy atom. The number of nitrogens with zero attached hydrogens (tertiary/aromatic N) is 3. The van der Waals surface area contributed by atoms with Crippen LogP contribution in [0, 0.1) is 5.92 Å². The Kier molecular flexibility index (Phi) is 20.4. The monoisotopic (exact) mass is 808 g/mol. The van der Waals surface area contributed by atoms with Gasteiger partial charge >= 0.3 is 5.97 Å². The lowest BCUT2D eigenvalue weighted by Gasteiger charge is -2.35. The number of guanidine groups is 1. The van der Waals surface area contributed by atoms with Gasteiger partial charge in [-0.25, -0.2) is 4.79 Å². The normalized spacial score (nSPS) is 15.3. The first-order valence-electron chi connectivity index (χ1n) is 18.3. The number of nitrogens with one attached hydrogen (secondary N) is 3. The number of carbonyl (C=O) groups is 7. The van der Waals surface area contributed by atoms with Crippen LogP contribution in [0.3, 0.4) is 0 Å². The number of rotatable bonds is 24. The molecule has 320 valence electrons. The number of hydrogen-bond acceptors (Lipinski definition) is 12. The lowest BCUT2D eigenvalue weighted by molar-refractivity contribution is -0.152. The second kappa shape index (κ2) is 23.5. The van der Waals surface area contributed by atoms with Gasteiger partial charge in [-0.1, -0.05) is 26.0 Å². The number of likely N-dealkylation sites (N-methyl/N-ethyl adjacent to an activating group) is 2. The number of benzene rings is 1. The number of methoxy groups -OCH3 is 1. The SMILES string of the molecule is CO[C@H](c1ccc(O)cc1)[C@@H](NC(=O)[C@H](CCC(N)=O)N(C)C(=O)[C@H](CC(C)C)NC(=O)[C@@H](CCCN=C(N)N)NC(=O)[C@H](N)[C@@H](C)O)C(=O)N(C)[C@@H](C)C(=O)O. The zero-order chi connectivity index (χ0) is 43.7. The molecule has 0 bridgehead atoms. The number of primary amides is 1. The van der Waals surface area contributed by atoms with Crippen LogP contribution in [0.1, 0.15) is 71.5 Å². The Bertz CT molecular complexity index is 1570. The number of aromatic hydroxyl groups is 1. The van der Waals surface area contributed by atoms with Crippen LogP contribution in [-0.4, -0.2) is 143 Å². The molecule has 6 amide bonds. The maximum atomic E-state index is 14.3. The highest BCUT2D eigenvalue weighted by atomic mass is 16.5. The van der Waals surface area contributed by atoms with Gasteiger partial charge in [0.05, 0.1) is 6.10 Å². The van der Waals surface area contributed by atoms with E-state index in [-0.39, 0.29) is 56.3 Å². The molecule has 21 heteroatoms. The molecule has 0 spiro atoms. The third kappa shape index (κ3) is 15.9. The molecule has 1 rings (SSSR count). The van der Waals surface area contributed by atoms with Gasteiger partial charge in [0.15, 0.2) is 5.96 Å². The number of ether oxygens (including phenoxy) is 1. The molecule has 0 saturated carbocycles. The van der Waals surface area contributed by atoms with Crippen molar-refractivity contribution in [2.45, 2.75) is 108 Å². The van der Waals surface area contributed by atoms with E-state index in [1.54, 1.807) is 13.8 Å². The number of aliphatic hydroxyl groups is 1. The molecule has 1 aromatic rings. The van der Waals surface area contributed by atoms with Crippen molar-refractivity contribution in [3.8, 4) is 5.75 Å². The van der Waals surface area contributed by atoms with Gasteiger partial charge < -0.3 is 68.7 Å². The van der Waals surface area contributed by atoms with E-state index in [2.05, 4.69) is 20.9 Å². The Morgan fingerprint density at radius 2 is 1.40 bits per heavy atom. The fraction of sp³-hybridized carbons (Fsp3) is 0.611. The Morgan fingerprint density at radius 1 is 0.825 bits per heavy atom. The molecule has 8 atom stereocenters. The molecule has 14 N–H and O–H groups in total. The first kappa shape index (κ1) is 49.5. The number of carbonyl (C=O) groups excluding carboxylic acids is 6.